The Hall–Kier alpha value is -1.80. The van der Waals surface area contributed by atoms with Crippen LogP contribution in [0.4, 0.5) is 5.69 Å². The second kappa shape index (κ2) is 4.60. The summed E-state index contributed by atoms with van der Waals surface area (Å²) in [5, 5.41) is 0.603. The fourth-order valence-corrected chi connectivity index (χ4v) is 1.82. The van der Waals surface area contributed by atoms with Crippen LogP contribution in [-0.2, 0) is 0 Å². The van der Waals surface area contributed by atoms with E-state index in [1.807, 2.05) is 6.92 Å². The summed E-state index contributed by atoms with van der Waals surface area (Å²) in [6.07, 6.45) is 0. The number of hydrogen-bond donors (Lipinski definition) is 1. The van der Waals surface area contributed by atoms with Crippen molar-refractivity contribution in [3.05, 3.63) is 64.2 Å². The van der Waals surface area contributed by atoms with Crippen LogP contribution >= 0.6 is 11.6 Å². The van der Waals surface area contributed by atoms with Crippen LogP contribution in [0, 0.1) is 6.92 Å². The number of ketones is 1. The van der Waals surface area contributed by atoms with Crippen molar-refractivity contribution in [1.82, 2.24) is 0 Å². The maximum atomic E-state index is 12.2. The zero-order chi connectivity index (χ0) is 12.4. The Kier molecular flexibility index (Phi) is 3.16. The third-order valence-corrected chi connectivity index (χ3v) is 3.09. The summed E-state index contributed by atoms with van der Waals surface area (Å²) in [6.45, 7) is 1.84. The molecule has 0 heterocycles. The van der Waals surface area contributed by atoms with Gasteiger partial charge < -0.3 is 5.73 Å². The smallest absolute Gasteiger partial charge is 0.193 e. The van der Waals surface area contributed by atoms with Crippen LogP contribution in [0.3, 0.4) is 0 Å². The van der Waals surface area contributed by atoms with E-state index in [1.54, 1.807) is 42.5 Å². The van der Waals surface area contributed by atoms with E-state index in [1.165, 1.54) is 0 Å². The molecule has 2 N–H and O–H groups in total. The molecule has 2 aromatic carbocycles. The normalized spacial score (nSPS) is 10.2. The highest BCUT2D eigenvalue weighted by atomic mass is 35.5. The van der Waals surface area contributed by atoms with Crippen LogP contribution in [0.2, 0.25) is 5.02 Å². The fraction of sp³-hybridized carbons (Fsp3) is 0.0714. The molecule has 0 saturated heterocycles. The molecule has 86 valence electrons. The molecule has 0 radical (unpaired) electrons. The second-order valence-corrected chi connectivity index (χ2v) is 4.27. The predicted molar refractivity (Wildman–Crippen MR) is 70.5 cm³/mol. The molecule has 2 aromatic rings. The van der Waals surface area contributed by atoms with Crippen molar-refractivity contribution < 1.29 is 4.79 Å². The van der Waals surface area contributed by atoms with Gasteiger partial charge in [-0.05, 0) is 42.8 Å². The summed E-state index contributed by atoms with van der Waals surface area (Å²) >= 11 is 6.00. The molecule has 0 saturated carbocycles. The number of carbonyl (C=O) groups excluding carboxylic acids is 1. The van der Waals surface area contributed by atoms with Crippen molar-refractivity contribution in [1.29, 1.82) is 0 Å². The molecule has 0 aliphatic heterocycles. The maximum Gasteiger partial charge on any atom is 0.193 e. The highest BCUT2D eigenvalue weighted by Gasteiger charge is 2.12. The van der Waals surface area contributed by atoms with E-state index in [0.29, 0.717) is 21.8 Å². The van der Waals surface area contributed by atoms with E-state index in [4.69, 9.17) is 17.3 Å². The molecule has 0 spiro atoms. The predicted octanol–water partition coefficient (Wildman–Crippen LogP) is 3.46. The number of nitrogens with two attached hydrogens (primary N) is 1. The van der Waals surface area contributed by atoms with E-state index in [9.17, 15) is 4.79 Å². The van der Waals surface area contributed by atoms with Gasteiger partial charge in [-0.2, -0.15) is 0 Å². The third kappa shape index (κ3) is 2.32. The van der Waals surface area contributed by atoms with Gasteiger partial charge in [-0.3, -0.25) is 4.79 Å². The van der Waals surface area contributed by atoms with Gasteiger partial charge in [0.1, 0.15) is 0 Å². The molecule has 0 aliphatic carbocycles. The van der Waals surface area contributed by atoms with Gasteiger partial charge in [0.15, 0.2) is 5.78 Å². The summed E-state index contributed by atoms with van der Waals surface area (Å²) < 4.78 is 0. The highest BCUT2D eigenvalue weighted by Crippen LogP contribution is 2.21. The molecule has 2 nitrogen and oxygen atoms in total. The number of benzene rings is 2. The minimum Gasteiger partial charge on any atom is -0.399 e. The lowest BCUT2D eigenvalue weighted by Crippen LogP contribution is -2.04. The summed E-state index contributed by atoms with van der Waals surface area (Å²) in [5.74, 6) is -0.0370. The Morgan fingerprint density at radius 2 is 1.76 bits per heavy atom. The SMILES string of the molecule is Cc1c(Cl)cccc1C(=O)c1ccc(N)cc1. The average Bonchev–Trinajstić information content (AvgIpc) is 2.33. The number of hydrogen-bond acceptors (Lipinski definition) is 2. The molecule has 0 atom stereocenters. The van der Waals surface area contributed by atoms with Crippen molar-refractivity contribution in [3.63, 3.8) is 0 Å². The van der Waals surface area contributed by atoms with Crippen molar-refractivity contribution in [2.24, 2.45) is 0 Å². The lowest BCUT2D eigenvalue weighted by Gasteiger charge is -2.06. The summed E-state index contributed by atoms with van der Waals surface area (Å²) in [4.78, 5) is 12.2. The van der Waals surface area contributed by atoms with Crippen LogP contribution < -0.4 is 5.73 Å². The standard InChI is InChI=1S/C14H12ClNO/c1-9-12(3-2-4-13(9)15)14(17)10-5-7-11(16)8-6-10/h2-8H,16H2,1H3. The third-order valence-electron chi connectivity index (χ3n) is 2.69. The highest BCUT2D eigenvalue weighted by molar-refractivity contribution is 6.32. The van der Waals surface area contributed by atoms with Crippen LogP contribution in [0.5, 0.6) is 0 Å². The van der Waals surface area contributed by atoms with Gasteiger partial charge in [-0.25, -0.2) is 0 Å². The summed E-state index contributed by atoms with van der Waals surface area (Å²) in [5.41, 5.74) is 8.27. The first kappa shape index (κ1) is 11.7. The molecule has 0 amide bonds. The van der Waals surface area contributed by atoms with Crippen LogP contribution in [0.15, 0.2) is 42.5 Å². The lowest BCUT2D eigenvalue weighted by molar-refractivity contribution is 0.103. The minimum atomic E-state index is -0.0370. The van der Waals surface area contributed by atoms with Gasteiger partial charge in [0.05, 0.1) is 0 Å². The van der Waals surface area contributed by atoms with E-state index in [2.05, 4.69) is 0 Å². The number of nitrogen functional groups attached to an aromatic ring is 1. The first-order valence-corrected chi connectivity index (χ1v) is 5.63. The Balaban J connectivity index is 2.44. The van der Waals surface area contributed by atoms with E-state index < -0.39 is 0 Å². The van der Waals surface area contributed by atoms with E-state index in [0.717, 1.165) is 5.56 Å². The van der Waals surface area contributed by atoms with Gasteiger partial charge in [0.2, 0.25) is 0 Å². The van der Waals surface area contributed by atoms with Crippen LogP contribution in [-0.4, -0.2) is 5.78 Å². The molecule has 3 heteroatoms. The van der Waals surface area contributed by atoms with Crippen molar-refractivity contribution >= 4 is 23.1 Å². The van der Waals surface area contributed by atoms with Gasteiger partial charge >= 0.3 is 0 Å². The maximum absolute atomic E-state index is 12.2. The molecule has 0 bridgehead atoms. The molecular formula is C14H12ClNO. The Bertz CT molecular complexity index is 561. The van der Waals surface area contributed by atoms with E-state index in [-0.39, 0.29) is 5.78 Å². The summed E-state index contributed by atoms with van der Waals surface area (Å²) in [7, 11) is 0. The van der Waals surface area contributed by atoms with Crippen molar-refractivity contribution in [3.8, 4) is 0 Å². The van der Waals surface area contributed by atoms with Crippen molar-refractivity contribution in [2.75, 3.05) is 5.73 Å². The molecule has 0 fully saturated rings. The van der Waals surface area contributed by atoms with Crippen LogP contribution in [0.25, 0.3) is 0 Å². The van der Waals surface area contributed by atoms with E-state index >= 15 is 0 Å². The monoisotopic (exact) mass is 245 g/mol. The zero-order valence-electron chi connectivity index (χ0n) is 9.41. The fourth-order valence-electron chi connectivity index (χ4n) is 1.64. The molecule has 0 aromatic heterocycles. The van der Waals surface area contributed by atoms with Gasteiger partial charge in [0, 0.05) is 21.8 Å². The molecule has 17 heavy (non-hydrogen) atoms. The number of rotatable bonds is 2. The Labute approximate surface area is 105 Å². The van der Waals surface area contributed by atoms with Gasteiger partial charge in [-0.1, -0.05) is 23.7 Å². The summed E-state index contributed by atoms with van der Waals surface area (Å²) in [6, 6.07) is 12.2. The molecule has 0 aliphatic rings. The minimum absolute atomic E-state index is 0.0370. The van der Waals surface area contributed by atoms with Crippen molar-refractivity contribution in [2.45, 2.75) is 6.92 Å². The number of anilines is 1. The average molecular weight is 246 g/mol. The number of carbonyl (C=O) groups is 1. The first-order chi connectivity index (χ1) is 8.09. The molecule has 2 rings (SSSR count). The number of halogens is 1. The van der Waals surface area contributed by atoms with Gasteiger partial charge in [-0.15, -0.1) is 0 Å². The Morgan fingerprint density at radius 1 is 1.12 bits per heavy atom. The van der Waals surface area contributed by atoms with Crippen LogP contribution in [0.1, 0.15) is 21.5 Å². The largest absolute Gasteiger partial charge is 0.399 e. The second-order valence-electron chi connectivity index (χ2n) is 3.86. The molecular weight excluding hydrogens is 234 g/mol. The first-order valence-electron chi connectivity index (χ1n) is 5.25. The zero-order valence-corrected chi connectivity index (χ0v) is 10.2. The topological polar surface area (TPSA) is 43.1 Å². The lowest BCUT2D eigenvalue weighted by atomic mass is 9.99. The Morgan fingerprint density at radius 3 is 2.41 bits per heavy atom. The molecule has 0 unspecified atom stereocenters. The quantitative estimate of drug-likeness (QED) is 0.650. The van der Waals surface area contributed by atoms with Gasteiger partial charge in [0.25, 0.3) is 0 Å².